The van der Waals surface area contributed by atoms with Crippen molar-refractivity contribution in [2.24, 2.45) is 5.92 Å². The van der Waals surface area contributed by atoms with Gasteiger partial charge in [0.2, 0.25) is 0 Å². The second-order valence-electron chi connectivity index (χ2n) is 17.7. The van der Waals surface area contributed by atoms with E-state index in [1.54, 1.807) is 14.2 Å². The number of hydrogen-bond donors (Lipinski definition) is 0. The van der Waals surface area contributed by atoms with E-state index < -0.39 is 90.9 Å². The fraction of sp³-hybridized carbons (Fsp3) is 0.423. The average Bonchev–Trinajstić information content (AvgIpc) is 4.00. The number of ether oxygens (including phenoxy) is 2. The van der Waals surface area contributed by atoms with Crippen LogP contribution in [0.15, 0.2) is 84.9 Å². The van der Waals surface area contributed by atoms with Crippen LogP contribution >= 0.6 is 15.8 Å². The summed E-state index contributed by atoms with van der Waals surface area (Å²) in [5, 5.41) is 1.53. The van der Waals surface area contributed by atoms with Crippen LogP contribution in [-0.4, -0.2) is 19.9 Å². The molecule has 0 aliphatic heterocycles. The van der Waals surface area contributed by atoms with Gasteiger partial charge in [0, 0.05) is 17.1 Å². The minimum atomic E-state index is -5.33. The van der Waals surface area contributed by atoms with E-state index in [1.165, 1.54) is 39.0 Å². The molecule has 0 bridgehead atoms. The average molecular weight is 1060 g/mol. The van der Waals surface area contributed by atoms with E-state index in [0.29, 0.717) is 55.0 Å². The zero-order valence-corrected chi connectivity index (χ0v) is 42.0. The fourth-order valence-corrected chi connectivity index (χ4v) is 16.0. The van der Waals surface area contributed by atoms with Gasteiger partial charge < -0.3 is 9.47 Å². The van der Waals surface area contributed by atoms with E-state index >= 15 is 0 Å². The van der Waals surface area contributed by atoms with Crippen molar-refractivity contribution in [3.8, 4) is 11.5 Å². The molecule has 0 aromatic heterocycles. The molecule has 3 atom stereocenters. The minimum absolute atomic E-state index is 0. The molecule has 7 rings (SSSR count). The number of alkyl halides is 12. The van der Waals surface area contributed by atoms with Gasteiger partial charge in [0.25, 0.3) is 0 Å². The molecule has 5 aromatic rings. The SMILES string of the molecule is C1CCCC1.COc1c(C)cc(P(c2cc(C)c(OC)c(C)c2)c2ccccc2C2CCCC2[C@H](C)P(c2cc(C(F)(F)F)cc(C(F)(F)F)c2)c2cc(C(F)(F)F)cc(C(F)(F)F)c2)cc1C.[Fe]. The molecule has 0 saturated heterocycles. The smallest absolute Gasteiger partial charge is 0.416 e. The molecule has 2 aliphatic rings. The van der Waals surface area contributed by atoms with Gasteiger partial charge >= 0.3 is 24.7 Å². The monoisotopic (exact) mass is 1060 g/mol. The van der Waals surface area contributed by atoms with Gasteiger partial charge in [-0.2, -0.15) is 52.7 Å². The molecule has 0 N–H and O–H groups in total. The zero-order chi connectivity index (χ0) is 50.1. The van der Waals surface area contributed by atoms with Gasteiger partial charge in [0.15, 0.2) is 0 Å². The van der Waals surface area contributed by atoms with Crippen molar-refractivity contribution in [1.29, 1.82) is 0 Å². The molecule has 2 saturated carbocycles. The Bertz CT molecular complexity index is 2310. The maximum Gasteiger partial charge on any atom is 0.416 e. The van der Waals surface area contributed by atoms with E-state index in [1.807, 2.05) is 76.2 Å². The predicted octanol–water partition coefficient (Wildman–Crippen LogP) is 15.1. The van der Waals surface area contributed by atoms with Crippen LogP contribution in [0.5, 0.6) is 11.5 Å². The molecular formula is C52H54F12FeO2P2. The number of benzene rings is 5. The van der Waals surface area contributed by atoms with Crippen LogP contribution in [0.1, 0.15) is 114 Å². The Labute approximate surface area is 408 Å². The van der Waals surface area contributed by atoms with Crippen LogP contribution in [0, 0.1) is 33.6 Å². The van der Waals surface area contributed by atoms with Crippen molar-refractivity contribution in [3.63, 3.8) is 0 Å². The maximum atomic E-state index is 14.3. The number of aryl methyl sites for hydroxylation is 4. The molecule has 2 fully saturated rings. The van der Waals surface area contributed by atoms with E-state index in [-0.39, 0.29) is 29.2 Å². The summed E-state index contributed by atoms with van der Waals surface area (Å²) in [6.45, 7) is 9.21. The quantitative estimate of drug-likeness (QED) is 0.0788. The number of halogens is 12. The third kappa shape index (κ3) is 13.0. The Morgan fingerprint density at radius 2 is 0.826 bits per heavy atom. The molecule has 0 amide bonds. The third-order valence-corrected chi connectivity index (χ3v) is 18.2. The van der Waals surface area contributed by atoms with Gasteiger partial charge in [-0.1, -0.05) is 69.7 Å². The first-order valence-corrected chi connectivity index (χ1v) is 25.1. The molecule has 2 unspecified atom stereocenters. The Kier molecular flexibility index (Phi) is 18.2. The van der Waals surface area contributed by atoms with Gasteiger partial charge in [-0.3, -0.25) is 0 Å². The van der Waals surface area contributed by atoms with Gasteiger partial charge in [0.05, 0.1) is 36.5 Å². The summed E-state index contributed by atoms with van der Waals surface area (Å²) in [7, 11) is -1.01. The van der Waals surface area contributed by atoms with Gasteiger partial charge in [-0.25, -0.2) is 0 Å². The van der Waals surface area contributed by atoms with Crippen molar-refractivity contribution < 1.29 is 79.2 Å². The molecule has 17 heteroatoms. The van der Waals surface area contributed by atoms with Crippen LogP contribution in [0.4, 0.5) is 52.7 Å². The second kappa shape index (κ2) is 22.3. The molecular weight excluding hydrogens is 1000 g/mol. The van der Waals surface area contributed by atoms with Crippen LogP contribution in [0.25, 0.3) is 0 Å². The van der Waals surface area contributed by atoms with E-state index in [9.17, 15) is 52.7 Å². The summed E-state index contributed by atoms with van der Waals surface area (Å²) in [4.78, 5) is 0. The molecule has 69 heavy (non-hydrogen) atoms. The minimum Gasteiger partial charge on any atom is -0.496 e. The van der Waals surface area contributed by atoms with Crippen LogP contribution in [-0.2, 0) is 41.8 Å². The summed E-state index contributed by atoms with van der Waals surface area (Å²) < 4.78 is 183. The van der Waals surface area contributed by atoms with Gasteiger partial charge in [0.1, 0.15) is 11.5 Å². The summed E-state index contributed by atoms with van der Waals surface area (Å²) in [5.41, 5.74) is -3.58. The van der Waals surface area contributed by atoms with Crippen molar-refractivity contribution in [2.75, 3.05) is 14.2 Å². The number of rotatable bonds is 10. The van der Waals surface area contributed by atoms with Crippen LogP contribution in [0.2, 0.25) is 0 Å². The summed E-state index contributed by atoms with van der Waals surface area (Å²) >= 11 is 0. The first kappa shape index (κ1) is 56.2. The fourth-order valence-electron chi connectivity index (χ4n) is 9.99. The van der Waals surface area contributed by atoms with Crippen molar-refractivity contribution >= 4 is 42.4 Å². The Hall–Kier alpha value is -3.76. The molecule has 2 nitrogen and oxygen atoms in total. The Morgan fingerprint density at radius 1 is 0.478 bits per heavy atom. The Balaban J connectivity index is 0.00000139. The van der Waals surface area contributed by atoms with E-state index in [4.69, 9.17) is 9.47 Å². The second-order valence-corrected chi connectivity index (χ2v) is 22.5. The molecule has 5 aromatic carbocycles. The van der Waals surface area contributed by atoms with Crippen molar-refractivity contribution in [1.82, 2.24) is 0 Å². The van der Waals surface area contributed by atoms with Crippen LogP contribution in [0.3, 0.4) is 0 Å². The van der Waals surface area contributed by atoms with Gasteiger partial charge in [-0.05, 0) is 189 Å². The molecule has 2 aliphatic carbocycles. The maximum absolute atomic E-state index is 14.3. The van der Waals surface area contributed by atoms with Crippen molar-refractivity contribution in [2.45, 2.75) is 122 Å². The largest absolute Gasteiger partial charge is 0.496 e. The third-order valence-electron chi connectivity index (χ3n) is 12.9. The Morgan fingerprint density at radius 3 is 1.16 bits per heavy atom. The molecule has 0 heterocycles. The van der Waals surface area contributed by atoms with Gasteiger partial charge in [-0.15, -0.1) is 0 Å². The first-order valence-electron chi connectivity index (χ1n) is 22.3. The zero-order valence-electron chi connectivity index (χ0n) is 39.1. The summed E-state index contributed by atoms with van der Waals surface area (Å²) in [6, 6.07) is 17.2. The molecule has 0 spiro atoms. The summed E-state index contributed by atoms with van der Waals surface area (Å²) in [6.07, 6.45) is -12.4. The molecule has 376 valence electrons. The molecule has 0 radical (unpaired) electrons. The standard InChI is InChI=1S/C47H44F12O2P2.C5H10.Fe/c1-25-15-34(16-26(2)42(25)60-6)63(35-17-27(3)43(61-7)28(4)18-35)41-14-9-8-11-40(41)39-13-10-12-38(39)29(5)62(36-21-30(44(48,49)50)19-31(22-36)45(51,52)53)37-23-32(46(54,55)56)20-33(24-37)47(57,58)59;1-2-4-5-3-1;/h8-9,11,14-24,29,38-39H,10,12-13H2,1-7H3;1-5H2;/t29-,38?,39?;;/m0../s1. The van der Waals surface area contributed by atoms with E-state index in [0.717, 1.165) is 43.7 Å². The predicted molar refractivity (Wildman–Crippen MR) is 249 cm³/mol. The first-order chi connectivity index (χ1) is 31.7. The topological polar surface area (TPSA) is 18.5 Å². The number of methoxy groups -OCH3 is 2. The normalized spacial score (nSPS) is 17.1. The van der Waals surface area contributed by atoms with Crippen molar-refractivity contribution in [3.05, 3.63) is 135 Å². The van der Waals surface area contributed by atoms with E-state index in [2.05, 4.69) is 0 Å². The summed E-state index contributed by atoms with van der Waals surface area (Å²) in [5.74, 6) is 0.371. The number of hydrogen-bond acceptors (Lipinski definition) is 2. The van der Waals surface area contributed by atoms with Crippen LogP contribution < -0.4 is 36.0 Å².